The Morgan fingerprint density at radius 1 is 0.603 bits per heavy atom. The van der Waals surface area contributed by atoms with Crippen LogP contribution in [0, 0.1) is 42.5 Å². The Kier molecular flexibility index (Phi) is 11.3. The summed E-state index contributed by atoms with van der Waals surface area (Å²) in [4.78, 5) is 17.2. The number of rotatable bonds is 9. The van der Waals surface area contributed by atoms with Gasteiger partial charge >= 0.3 is 6.85 Å². The van der Waals surface area contributed by atoms with E-state index in [-0.39, 0.29) is 33.3 Å². The Morgan fingerprint density at radius 3 is 2.10 bits per heavy atom. The molecule has 380 valence electrons. The van der Waals surface area contributed by atoms with Crippen molar-refractivity contribution in [2.45, 2.75) is 37.5 Å². The summed E-state index contributed by atoms with van der Waals surface area (Å²) in [6.07, 6.45) is 19.9. The van der Waals surface area contributed by atoms with Gasteiger partial charge in [-0.3, -0.25) is 0 Å². The van der Waals surface area contributed by atoms with Crippen molar-refractivity contribution in [1.29, 1.82) is 0 Å². The first-order valence-corrected chi connectivity index (χ1v) is 27.3. The SMILES string of the molecule is [Pt].[c-]1c(Oc2[c-]c3c(cc2)c2ccccc2n3-c2cc(C3(C4=CC=CN5B4C=Cc4ccccc45)C4CC5CC(C4)CC3C5)ccn2)cccc1N1[CH-]N(c2c(-c3ccccc3)cccc2-c2ccccc2)c2cccnc21. The van der Waals surface area contributed by atoms with Gasteiger partial charge in [0, 0.05) is 78.4 Å². The molecule has 0 spiro atoms. The molecular formula is C69H52BN6OPt-3. The zero-order valence-corrected chi connectivity index (χ0v) is 45.0. The predicted molar refractivity (Wildman–Crippen MR) is 313 cm³/mol. The zero-order chi connectivity index (χ0) is 50.6. The molecule has 4 aliphatic carbocycles. The van der Waals surface area contributed by atoms with Crippen molar-refractivity contribution in [2.24, 2.45) is 23.7 Å². The van der Waals surface area contributed by atoms with E-state index >= 15 is 0 Å². The maximum Gasteiger partial charge on any atom is 0.316 e. The summed E-state index contributed by atoms with van der Waals surface area (Å²) in [6.45, 7) is 2.28. The van der Waals surface area contributed by atoms with Crippen LogP contribution < -0.4 is 19.3 Å². The molecule has 78 heavy (non-hydrogen) atoms. The van der Waals surface area contributed by atoms with Gasteiger partial charge in [-0.1, -0.05) is 150 Å². The van der Waals surface area contributed by atoms with Crippen LogP contribution in [0.2, 0.25) is 0 Å². The Labute approximate surface area is 470 Å². The summed E-state index contributed by atoms with van der Waals surface area (Å²) < 4.78 is 9.15. The molecule has 0 amide bonds. The van der Waals surface area contributed by atoms with E-state index in [1.54, 1.807) is 0 Å². The molecular weight excluding hydrogens is 1130 g/mol. The summed E-state index contributed by atoms with van der Waals surface area (Å²) >= 11 is 0. The normalized spacial score (nSPS) is 21.4. The van der Waals surface area contributed by atoms with Gasteiger partial charge in [0.05, 0.1) is 5.69 Å². The van der Waals surface area contributed by atoms with E-state index < -0.39 is 0 Å². The van der Waals surface area contributed by atoms with Crippen molar-refractivity contribution >= 4 is 63.3 Å². The minimum atomic E-state index is -0.123. The molecule has 4 saturated carbocycles. The second kappa shape index (κ2) is 18.8. The number of hydrogen-bond donors (Lipinski definition) is 0. The van der Waals surface area contributed by atoms with Gasteiger partial charge in [-0.25, -0.2) is 9.97 Å². The Hall–Kier alpha value is -8.19. The molecule has 6 heterocycles. The van der Waals surface area contributed by atoms with E-state index in [1.807, 2.05) is 30.5 Å². The van der Waals surface area contributed by atoms with E-state index in [0.717, 1.165) is 84.6 Å². The monoisotopic (exact) mass is 1190 g/mol. The maximum atomic E-state index is 6.84. The van der Waals surface area contributed by atoms with Crippen molar-refractivity contribution in [3.05, 3.63) is 254 Å². The van der Waals surface area contributed by atoms with Crippen LogP contribution in [0.5, 0.6) is 11.5 Å². The van der Waals surface area contributed by atoms with Gasteiger partial charge in [-0.2, -0.15) is 12.1 Å². The fraction of sp³-hybridized carbons (Fsp3) is 0.145. The molecule has 7 aromatic carbocycles. The zero-order valence-electron chi connectivity index (χ0n) is 42.8. The van der Waals surface area contributed by atoms with Gasteiger partial charge in [0.2, 0.25) is 0 Å². The van der Waals surface area contributed by atoms with Gasteiger partial charge in [0.25, 0.3) is 0 Å². The van der Waals surface area contributed by atoms with E-state index in [9.17, 15) is 0 Å². The molecule has 0 N–H and O–H groups in total. The first kappa shape index (κ1) is 47.1. The van der Waals surface area contributed by atoms with Crippen molar-refractivity contribution in [2.75, 3.05) is 14.6 Å². The molecule has 9 heteroatoms. The summed E-state index contributed by atoms with van der Waals surface area (Å²) in [5.74, 6) is 8.12. The molecule has 3 aromatic heterocycles. The van der Waals surface area contributed by atoms with Crippen LogP contribution in [0.3, 0.4) is 0 Å². The molecule has 3 aliphatic heterocycles. The fourth-order valence-corrected chi connectivity index (χ4v) is 15.1. The molecule has 0 radical (unpaired) electrons. The topological polar surface area (TPSA) is 49.7 Å². The molecule has 0 saturated heterocycles. The fourth-order valence-electron chi connectivity index (χ4n) is 15.1. The summed E-state index contributed by atoms with van der Waals surface area (Å²) in [6, 6.07) is 71.9. The van der Waals surface area contributed by atoms with E-state index in [0.29, 0.717) is 23.3 Å². The first-order chi connectivity index (χ1) is 38.1. The van der Waals surface area contributed by atoms with Crippen molar-refractivity contribution < 1.29 is 25.8 Å². The van der Waals surface area contributed by atoms with Crippen LogP contribution in [0.15, 0.2) is 224 Å². The van der Waals surface area contributed by atoms with Crippen LogP contribution in [0.25, 0.3) is 56.0 Å². The number of allylic oxidation sites excluding steroid dienone is 3. The Bertz CT molecular complexity index is 3990. The number of aromatic nitrogens is 3. The van der Waals surface area contributed by atoms with Gasteiger partial charge in [0.15, 0.2) is 0 Å². The summed E-state index contributed by atoms with van der Waals surface area (Å²) in [5, 5.41) is 2.26. The number of benzene rings is 7. The molecule has 0 atom stereocenters. The average Bonchev–Trinajstić information content (AvgIpc) is 4.16. The van der Waals surface area contributed by atoms with Gasteiger partial charge < -0.3 is 23.9 Å². The molecule has 7 nitrogen and oxygen atoms in total. The molecule has 17 rings (SSSR count). The number of nitrogens with zero attached hydrogens (tertiary/aromatic N) is 6. The third-order valence-electron chi connectivity index (χ3n) is 17.9. The average molecular weight is 1190 g/mol. The second-order valence-corrected chi connectivity index (χ2v) is 21.9. The first-order valence-electron chi connectivity index (χ1n) is 27.3. The predicted octanol–water partition coefficient (Wildman–Crippen LogP) is 16.5. The van der Waals surface area contributed by atoms with Crippen molar-refractivity contribution in [1.82, 2.24) is 14.5 Å². The number of ether oxygens (including phenoxy) is 1. The van der Waals surface area contributed by atoms with E-state index in [2.05, 4.69) is 232 Å². The van der Waals surface area contributed by atoms with Crippen LogP contribution in [0.1, 0.15) is 43.2 Å². The maximum absolute atomic E-state index is 6.84. The summed E-state index contributed by atoms with van der Waals surface area (Å²) in [5.41, 5.74) is 14.7. The number of hydrogen-bond acceptors (Lipinski definition) is 6. The molecule has 4 bridgehead atoms. The standard InChI is InChI=1S/C69H52BN6O.Pt/c1-3-15-48(16-4-1)57-23-12-24-58(49-17-5-2-6-18-49)67(57)74-45-73(68-63(74)27-13-34-72-68)54-20-11-21-55(43-54)77-56-29-30-60-59-22-8-10-26-62(59)76(64(60)44-56)66-42-51(32-35-71-66)69(52-38-46-37-47(40-52)41-53(69)39-46)65-28-14-36-75-61-25-9-7-19-50(61)31-33-70(65)75;/h1-36,42,45-47,52-53H,37-41H2;/q-3;. The molecule has 4 fully saturated rings. The smallest absolute Gasteiger partial charge is 0.316 e. The number of pyridine rings is 2. The van der Waals surface area contributed by atoms with Crippen LogP contribution in [0.4, 0.5) is 28.6 Å². The third kappa shape index (κ3) is 7.36. The van der Waals surface area contributed by atoms with Crippen LogP contribution in [-0.4, -0.2) is 21.4 Å². The van der Waals surface area contributed by atoms with Gasteiger partial charge in [-0.05, 0) is 132 Å². The van der Waals surface area contributed by atoms with Crippen LogP contribution in [-0.2, 0) is 26.5 Å². The molecule has 0 unspecified atom stereocenters. The largest absolute Gasteiger partial charge is 0.509 e. The minimum absolute atomic E-state index is 0. The van der Waals surface area contributed by atoms with Crippen LogP contribution >= 0.6 is 0 Å². The third-order valence-corrected chi connectivity index (χ3v) is 17.9. The van der Waals surface area contributed by atoms with Crippen molar-refractivity contribution in [3.63, 3.8) is 0 Å². The van der Waals surface area contributed by atoms with Crippen molar-refractivity contribution in [3.8, 4) is 39.6 Å². The molecule has 7 aliphatic rings. The van der Waals surface area contributed by atoms with Gasteiger partial charge in [0.1, 0.15) is 11.6 Å². The quantitative estimate of drug-likeness (QED) is 0.106. The number of para-hydroxylation sites is 3. The van der Waals surface area contributed by atoms with E-state index in [1.165, 1.54) is 54.4 Å². The summed E-state index contributed by atoms with van der Waals surface area (Å²) in [7, 11) is 0. The van der Waals surface area contributed by atoms with Gasteiger partial charge in [-0.15, -0.1) is 42.4 Å². The Morgan fingerprint density at radius 2 is 1.31 bits per heavy atom. The minimum Gasteiger partial charge on any atom is -0.509 e. The molecule has 10 aromatic rings. The van der Waals surface area contributed by atoms with E-state index in [4.69, 9.17) is 14.7 Å². The second-order valence-electron chi connectivity index (χ2n) is 21.9. The number of fused-ring (bicyclic) bond motifs is 7. The number of anilines is 5. The Balaban J connectivity index is 0.00000529.